The zero-order valence-corrected chi connectivity index (χ0v) is 17.3. The first kappa shape index (κ1) is 19.5. The number of nitrogens with one attached hydrogen (secondary N) is 2. The third kappa shape index (κ3) is 5.15. The lowest BCUT2D eigenvalue weighted by Crippen LogP contribution is -2.44. The molecule has 0 bridgehead atoms. The van der Waals surface area contributed by atoms with Crippen LogP contribution in [0.1, 0.15) is 29.0 Å². The maximum atomic E-state index is 10.7. The van der Waals surface area contributed by atoms with Crippen molar-refractivity contribution in [2.75, 3.05) is 6.54 Å². The van der Waals surface area contributed by atoms with Crippen molar-refractivity contribution >= 4 is 28.6 Å². The van der Waals surface area contributed by atoms with Gasteiger partial charge in [0, 0.05) is 11.9 Å². The lowest BCUT2D eigenvalue weighted by atomic mass is 9.99. The summed E-state index contributed by atoms with van der Waals surface area (Å²) in [5.74, 6) is 2.26. The third-order valence-corrected chi connectivity index (χ3v) is 5.87. The zero-order chi connectivity index (χ0) is 19.3. The standard InChI is InChI=1S/C18H24N6OS2/c1-13-22-23-16(24(13)3)10-20-17(19-9-15-5-4-7-27-15)21-12-18(2,25)14-6-8-26-11-14/h4-8,11,25H,9-10,12H2,1-3H3,(H2,19,20,21). The monoisotopic (exact) mass is 404 g/mol. The Labute approximate surface area is 166 Å². The molecule has 7 nitrogen and oxygen atoms in total. The molecule has 0 aliphatic heterocycles. The summed E-state index contributed by atoms with van der Waals surface area (Å²) in [4.78, 5) is 5.83. The first-order chi connectivity index (χ1) is 13.0. The molecule has 0 saturated carbocycles. The van der Waals surface area contributed by atoms with Crippen LogP contribution in [0.3, 0.4) is 0 Å². The molecule has 27 heavy (non-hydrogen) atoms. The zero-order valence-electron chi connectivity index (χ0n) is 15.6. The Morgan fingerprint density at radius 2 is 2.15 bits per heavy atom. The maximum absolute atomic E-state index is 10.7. The van der Waals surface area contributed by atoms with E-state index in [4.69, 9.17) is 0 Å². The van der Waals surface area contributed by atoms with Crippen molar-refractivity contribution in [2.24, 2.45) is 12.0 Å². The fraction of sp³-hybridized carbons (Fsp3) is 0.389. The molecule has 0 radical (unpaired) electrons. The van der Waals surface area contributed by atoms with Crippen LogP contribution >= 0.6 is 22.7 Å². The molecule has 3 N–H and O–H groups in total. The summed E-state index contributed by atoms with van der Waals surface area (Å²) < 4.78 is 1.92. The largest absolute Gasteiger partial charge is 0.384 e. The number of rotatable bonds is 7. The van der Waals surface area contributed by atoms with E-state index in [9.17, 15) is 5.11 Å². The molecule has 1 unspecified atom stereocenters. The lowest BCUT2D eigenvalue weighted by Gasteiger charge is -2.24. The minimum atomic E-state index is -0.979. The summed E-state index contributed by atoms with van der Waals surface area (Å²) >= 11 is 3.26. The Morgan fingerprint density at radius 1 is 1.30 bits per heavy atom. The van der Waals surface area contributed by atoms with E-state index < -0.39 is 5.60 Å². The summed E-state index contributed by atoms with van der Waals surface area (Å²) in [6.45, 7) is 5.12. The highest BCUT2D eigenvalue weighted by atomic mass is 32.1. The summed E-state index contributed by atoms with van der Waals surface area (Å²) in [6.07, 6.45) is 0. The third-order valence-electron chi connectivity index (χ3n) is 4.31. The molecule has 3 aromatic heterocycles. The molecule has 0 saturated heterocycles. The van der Waals surface area contributed by atoms with Crippen LogP contribution < -0.4 is 10.6 Å². The van der Waals surface area contributed by atoms with E-state index >= 15 is 0 Å². The number of nitrogens with zero attached hydrogens (tertiary/aromatic N) is 4. The van der Waals surface area contributed by atoms with Crippen molar-refractivity contribution in [3.63, 3.8) is 0 Å². The van der Waals surface area contributed by atoms with Crippen LogP contribution in [0.15, 0.2) is 39.3 Å². The highest BCUT2D eigenvalue weighted by molar-refractivity contribution is 7.09. The molecule has 3 heterocycles. The van der Waals surface area contributed by atoms with Crippen molar-refractivity contribution in [2.45, 2.75) is 32.5 Å². The number of aliphatic hydroxyl groups is 1. The summed E-state index contributed by atoms with van der Waals surface area (Å²) in [7, 11) is 1.92. The molecule has 1 atom stereocenters. The first-order valence-corrected chi connectivity index (χ1v) is 10.4. The molecule has 0 aliphatic carbocycles. The number of hydrogen-bond acceptors (Lipinski definition) is 6. The SMILES string of the molecule is Cc1nnc(CN=C(NCc2cccs2)NCC(C)(O)c2ccsc2)n1C. The Hall–Kier alpha value is -2.23. The van der Waals surface area contributed by atoms with Gasteiger partial charge in [-0.1, -0.05) is 6.07 Å². The normalized spacial score (nSPS) is 14.1. The number of hydrogen-bond donors (Lipinski definition) is 3. The molecule has 3 aromatic rings. The molecule has 3 rings (SSSR count). The predicted molar refractivity (Wildman–Crippen MR) is 110 cm³/mol. The number of guanidine groups is 1. The second-order valence-corrected chi connectivity index (χ2v) is 8.27. The van der Waals surface area contributed by atoms with Gasteiger partial charge in [-0.05, 0) is 47.7 Å². The van der Waals surface area contributed by atoms with Crippen LogP contribution in [0.25, 0.3) is 0 Å². The summed E-state index contributed by atoms with van der Waals surface area (Å²) in [5.41, 5.74) is -0.0891. The van der Waals surface area contributed by atoms with Crippen LogP contribution in [-0.2, 0) is 25.7 Å². The molecule has 144 valence electrons. The highest BCUT2D eigenvalue weighted by Crippen LogP contribution is 2.22. The fourth-order valence-corrected chi connectivity index (χ4v) is 3.85. The molecule has 0 spiro atoms. The van der Waals surface area contributed by atoms with Gasteiger partial charge in [0.2, 0.25) is 0 Å². The maximum Gasteiger partial charge on any atom is 0.192 e. The van der Waals surface area contributed by atoms with E-state index in [-0.39, 0.29) is 0 Å². The van der Waals surface area contributed by atoms with Gasteiger partial charge < -0.3 is 20.3 Å². The van der Waals surface area contributed by atoms with Gasteiger partial charge >= 0.3 is 0 Å². The Bertz CT molecular complexity index is 868. The van der Waals surface area contributed by atoms with Crippen molar-refractivity contribution in [1.29, 1.82) is 0 Å². The van der Waals surface area contributed by atoms with Crippen molar-refractivity contribution in [3.8, 4) is 0 Å². The smallest absolute Gasteiger partial charge is 0.192 e. The molecular formula is C18H24N6OS2. The minimum Gasteiger partial charge on any atom is -0.384 e. The fourth-order valence-electron chi connectivity index (χ4n) is 2.43. The molecule has 9 heteroatoms. The Kier molecular flexibility index (Phi) is 6.25. The molecule has 0 amide bonds. The van der Waals surface area contributed by atoms with Gasteiger partial charge in [-0.15, -0.1) is 21.5 Å². The van der Waals surface area contributed by atoms with Crippen molar-refractivity contribution < 1.29 is 5.11 Å². The summed E-state index contributed by atoms with van der Waals surface area (Å²) in [5, 5.41) is 31.5. The molecule has 0 aliphatic rings. The van der Waals surface area contributed by atoms with Crippen LogP contribution in [0, 0.1) is 6.92 Å². The lowest BCUT2D eigenvalue weighted by molar-refractivity contribution is 0.0621. The van der Waals surface area contributed by atoms with E-state index in [1.165, 1.54) is 4.88 Å². The van der Waals surface area contributed by atoms with Gasteiger partial charge in [-0.25, -0.2) is 4.99 Å². The average molecular weight is 405 g/mol. The van der Waals surface area contributed by atoms with Crippen LogP contribution in [-0.4, -0.2) is 32.4 Å². The molecule has 0 fully saturated rings. The molecule has 0 aromatic carbocycles. The van der Waals surface area contributed by atoms with Crippen molar-refractivity contribution in [1.82, 2.24) is 25.4 Å². The van der Waals surface area contributed by atoms with Gasteiger partial charge in [-0.2, -0.15) is 11.3 Å². The second-order valence-electron chi connectivity index (χ2n) is 6.46. The minimum absolute atomic E-state index is 0.345. The van der Waals surface area contributed by atoms with Gasteiger partial charge in [0.05, 0.1) is 13.1 Å². The van der Waals surface area contributed by atoms with Crippen LogP contribution in [0.4, 0.5) is 0 Å². The Morgan fingerprint density at radius 3 is 2.78 bits per heavy atom. The van der Waals surface area contributed by atoms with Crippen LogP contribution in [0.2, 0.25) is 0 Å². The van der Waals surface area contributed by atoms with Gasteiger partial charge in [0.15, 0.2) is 11.8 Å². The number of aromatic nitrogens is 3. The van der Waals surface area contributed by atoms with Gasteiger partial charge in [0.25, 0.3) is 0 Å². The average Bonchev–Trinajstić information content (AvgIpc) is 3.40. The predicted octanol–water partition coefficient (Wildman–Crippen LogP) is 2.39. The quantitative estimate of drug-likeness (QED) is 0.416. The number of thiophene rings is 2. The second kappa shape index (κ2) is 8.64. The van der Waals surface area contributed by atoms with Crippen molar-refractivity contribution in [3.05, 3.63) is 56.4 Å². The number of aryl methyl sites for hydroxylation is 1. The van der Waals surface area contributed by atoms with E-state index in [1.807, 2.05) is 46.8 Å². The van der Waals surface area contributed by atoms with E-state index in [1.54, 1.807) is 29.6 Å². The number of aliphatic imine (C=N–C) groups is 1. The topological polar surface area (TPSA) is 87.4 Å². The summed E-state index contributed by atoms with van der Waals surface area (Å²) in [6, 6.07) is 6.03. The molecular weight excluding hydrogens is 380 g/mol. The highest BCUT2D eigenvalue weighted by Gasteiger charge is 2.23. The Balaban J connectivity index is 1.68. The van der Waals surface area contributed by atoms with E-state index in [0.29, 0.717) is 25.6 Å². The van der Waals surface area contributed by atoms with E-state index in [2.05, 4.69) is 31.9 Å². The van der Waals surface area contributed by atoms with Gasteiger partial charge in [-0.3, -0.25) is 0 Å². The van der Waals surface area contributed by atoms with E-state index in [0.717, 1.165) is 17.2 Å². The van der Waals surface area contributed by atoms with Crippen LogP contribution in [0.5, 0.6) is 0 Å². The first-order valence-electron chi connectivity index (χ1n) is 8.60. The van der Waals surface area contributed by atoms with Gasteiger partial charge in [0.1, 0.15) is 18.0 Å².